The van der Waals surface area contributed by atoms with Crippen molar-refractivity contribution in [1.82, 2.24) is 9.97 Å². The summed E-state index contributed by atoms with van der Waals surface area (Å²) in [5.41, 5.74) is 4.77. The summed E-state index contributed by atoms with van der Waals surface area (Å²) in [6.07, 6.45) is 0.515. The van der Waals surface area contributed by atoms with Crippen molar-refractivity contribution in [3.8, 4) is 12.1 Å². The molecule has 110 valence electrons. The fourth-order valence-corrected chi connectivity index (χ4v) is 2.58. The summed E-state index contributed by atoms with van der Waals surface area (Å²) in [6, 6.07) is 9.36. The molecule has 23 heavy (non-hydrogen) atoms. The first-order valence-electron chi connectivity index (χ1n) is 6.85. The van der Waals surface area contributed by atoms with E-state index in [-0.39, 0.29) is 5.56 Å². The van der Waals surface area contributed by atoms with Gasteiger partial charge in [-0.05, 0) is 37.1 Å². The normalized spacial score (nSPS) is 10.3. The molecule has 0 fully saturated rings. The van der Waals surface area contributed by atoms with Crippen molar-refractivity contribution in [1.29, 1.82) is 10.5 Å². The minimum absolute atomic E-state index is 0.234. The SMILES string of the molecule is Cc1ccc(C#N)c2nc3c(C#N)c(NC=O)cc(C)c3nc12. The Morgan fingerprint density at radius 3 is 2.35 bits per heavy atom. The van der Waals surface area contributed by atoms with E-state index >= 15 is 0 Å². The number of nitriles is 2. The largest absolute Gasteiger partial charge is 0.327 e. The van der Waals surface area contributed by atoms with Gasteiger partial charge in [0.2, 0.25) is 6.41 Å². The van der Waals surface area contributed by atoms with Gasteiger partial charge in [-0.2, -0.15) is 10.5 Å². The molecular formula is C17H11N5O. The van der Waals surface area contributed by atoms with Gasteiger partial charge >= 0.3 is 0 Å². The molecule has 0 radical (unpaired) electrons. The predicted molar refractivity (Wildman–Crippen MR) is 85.6 cm³/mol. The Hall–Kier alpha value is -3.51. The Morgan fingerprint density at radius 1 is 1.00 bits per heavy atom. The third kappa shape index (κ3) is 2.14. The van der Waals surface area contributed by atoms with Gasteiger partial charge in [-0.3, -0.25) is 4.79 Å². The summed E-state index contributed by atoms with van der Waals surface area (Å²) >= 11 is 0. The molecule has 1 heterocycles. The Balaban J connectivity index is 2.55. The van der Waals surface area contributed by atoms with Crippen molar-refractivity contribution in [2.75, 3.05) is 5.32 Å². The van der Waals surface area contributed by atoms with Crippen LogP contribution in [0.15, 0.2) is 18.2 Å². The Bertz CT molecular complexity index is 1060. The number of carbonyl (C=O) groups is 1. The number of hydrogen-bond donors (Lipinski definition) is 1. The molecule has 0 saturated carbocycles. The zero-order valence-corrected chi connectivity index (χ0v) is 12.5. The van der Waals surface area contributed by atoms with Crippen LogP contribution in [-0.2, 0) is 4.79 Å². The van der Waals surface area contributed by atoms with Crippen LogP contribution < -0.4 is 5.32 Å². The molecule has 1 N–H and O–H groups in total. The van der Waals surface area contributed by atoms with Crippen molar-refractivity contribution in [3.05, 3.63) is 40.5 Å². The average Bonchev–Trinajstić information content (AvgIpc) is 2.55. The molecule has 6 heteroatoms. The maximum Gasteiger partial charge on any atom is 0.211 e. The van der Waals surface area contributed by atoms with Crippen LogP contribution in [-0.4, -0.2) is 16.4 Å². The number of nitrogens with zero attached hydrogens (tertiary/aromatic N) is 4. The van der Waals surface area contributed by atoms with Gasteiger partial charge in [0.1, 0.15) is 28.7 Å². The number of nitrogens with one attached hydrogen (secondary N) is 1. The standard InChI is InChI=1S/C17H11N5O/c1-9-3-4-11(6-18)16-14(9)21-15-10(2)5-13(20-8-23)12(7-19)17(15)22-16/h3-5,8H,1-2H3,(H,20,23). The van der Waals surface area contributed by atoms with Crippen LogP contribution >= 0.6 is 0 Å². The van der Waals surface area contributed by atoms with E-state index in [0.29, 0.717) is 39.7 Å². The maximum atomic E-state index is 10.7. The molecule has 0 spiro atoms. The Morgan fingerprint density at radius 2 is 1.70 bits per heavy atom. The molecule has 2 aromatic carbocycles. The first-order chi connectivity index (χ1) is 11.1. The first kappa shape index (κ1) is 14.4. The summed E-state index contributed by atoms with van der Waals surface area (Å²) < 4.78 is 0. The van der Waals surface area contributed by atoms with Crippen molar-refractivity contribution in [2.24, 2.45) is 0 Å². The van der Waals surface area contributed by atoms with Gasteiger partial charge in [0.05, 0.1) is 22.3 Å². The highest BCUT2D eigenvalue weighted by Gasteiger charge is 2.16. The van der Waals surface area contributed by atoms with E-state index in [9.17, 15) is 15.3 Å². The van der Waals surface area contributed by atoms with Crippen molar-refractivity contribution >= 4 is 34.2 Å². The zero-order chi connectivity index (χ0) is 16.6. The third-order valence-electron chi connectivity index (χ3n) is 3.71. The van der Waals surface area contributed by atoms with E-state index in [0.717, 1.165) is 11.1 Å². The van der Waals surface area contributed by atoms with Gasteiger partial charge in [0.25, 0.3) is 0 Å². The molecule has 0 unspecified atom stereocenters. The highest BCUT2D eigenvalue weighted by atomic mass is 16.1. The lowest BCUT2D eigenvalue weighted by atomic mass is 10.0. The summed E-state index contributed by atoms with van der Waals surface area (Å²) in [5.74, 6) is 0. The monoisotopic (exact) mass is 301 g/mol. The minimum Gasteiger partial charge on any atom is -0.327 e. The number of amides is 1. The Kier molecular flexibility index (Phi) is 3.36. The number of aryl methyl sites for hydroxylation is 2. The molecule has 3 aromatic rings. The summed E-state index contributed by atoms with van der Waals surface area (Å²) in [7, 11) is 0. The van der Waals surface area contributed by atoms with E-state index in [2.05, 4.69) is 27.4 Å². The van der Waals surface area contributed by atoms with Crippen LogP contribution in [0.4, 0.5) is 5.69 Å². The van der Waals surface area contributed by atoms with Crippen LogP contribution in [0, 0.1) is 36.5 Å². The molecule has 0 atom stereocenters. The second kappa shape index (κ2) is 5.36. The van der Waals surface area contributed by atoms with Crippen LogP contribution in [0.1, 0.15) is 22.3 Å². The fourth-order valence-electron chi connectivity index (χ4n) is 2.58. The summed E-state index contributed by atoms with van der Waals surface area (Å²) in [6.45, 7) is 3.73. The number of anilines is 1. The van der Waals surface area contributed by atoms with Gasteiger partial charge < -0.3 is 5.32 Å². The highest BCUT2D eigenvalue weighted by molar-refractivity contribution is 5.98. The van der Waals surface area contributed by atoms with Crippen molar-refractivity contribution in [3.63, 3.8) is 0 Å². The molecule has 0 bridgehead atoms. The fraction of sp³-hybridized carbons (Fsp3) is 0.118. The van der Waals surface area contributed by atoms with Crippen LogP contribution in [0.5, 0.6) is 0 Å². The molecule has 6 nitrogen and oxygen atoms in total. The molecule has 0 aliphatic rings. The van der Waals surface area contributed by atoms with Gasteiger partial charge in [-0.15, -0.1) is 0 Å². The Labute approximate surface area is 132 Å². The van der Waals surface area contributed by atoms with E-state index in [1.54, 1.807) is 12.1 Å². The third-order valence-corrected chi connectivity index (χ3v) is 3.71. The molecule has 0 aliphatic carbocycles. The molecule has 0 aliphatic heterocycles. The second-order valence-electron chi connectivity index (χ2n) is 5.15. The van der Waals surface area contributed by atoms with E-state index in [1.165, 1.54) is 0 Å². The number of fused-ring (bicyclic) bond motifs is 2. The van der Waals surface area contributed by atoms with Crippen LogP contribution in [0.2, 0.25) is 0 Å². The predicted octanol–water partition coefficient (Wildman–Crippen LogP) is 2.71. The quantitative estimate of drug-likeness (QED) is 0.579. The van der Waals surface area contributed by atoms with E-state index in [4.69, 9.17) is 0 Å². The number of carbonyl (C=O) groups excluding carboxylic acids is 1. The lowest BCUT2D eigenvalue weighted by Gasteiger charge is -2.11. The van der Waals surface area contributed by atoms with Gasteiger partial charge in [-0.1, -0.05) is 6.07 Å². The minimum atomic E-state index is 0.234. The maximum absolute atomic E-state index is 10.7. The number of hydrogen-bond acceptors (Lipinski definition) is 5. The smallest absolute Gasteiger partial charge is 0.211 e. The van der Waals surface area contributed by atoms with Crippen LogP contribution in [0.25, 0.3) is 22.1 Å². The first-order valence-corrected chi connectivity index (χ1v) is 6.85. The van der Waals surface area contributed by atoms with Crippen molar-refractivity contribution < 1.29 is 4.79 Å². The average molecular weight is 301 g/mol. The molecule has 1 amide bonds. The molecule has 0 saturated heterocycles. The summed E-state index contributed by atoms with van der Waals surface area (Å²) in [4.78, 5) is 19.9. The second-order valence-corrected chi connectivity index (χ2v) is 5.15. The number of rotatable bonds is 2. The topological polar surface area (TPSA) is 102 Å². The summed E-state index contributed by atoms with van der Waals surface area (Å²) in [5, 5.41) is 21.2. The van der Waals surface area contributed by atoms with Gasteiger partial charge in [-0.25, -0.2) is 9.97 Å². The van der Waals surface area contributed by atoms with E-state index in [1.807, 2.05) is 19.9 Å². The molecule has 1 aromatic heterocycles. The number of benzene rings is 2. The number of aromatic nitrogens is 2. The highest BCUT2D eigenvalue weighted by Crippen LogP contribution is 2.29. The van der Waals surface area contributed by atoms with Crippen LogP contribution in [0.3, 0.4) is 0 Å². The zero-order valence-electron chi connectivity index (χ0n) is 12.5. The molecular weight excluding hydrogens is 290 g/mol. The lowest BCUT2D eigenvalue weighted by Crippen LogP contribution is -2.02. The molecule has 3 rings (SSSR count). The lowest BCUT2D eigenvalue weighted by molar-refractivity contribution is -0.105. The van der Waals surface area contributed by atoms with Gasteiger partial charge in [0, 0.05) is 0 Å². The van der Waals surface area contributed by atoms with E-state index < -0.39 is 0 Å². The van der Waals surface area contributed by atoms with Gasteiger partial charge in [0.15, 0.2) is 0 Å². The van der Waals surface area contributed by atoms with Crippen molar-refractivity contribution in [2.45, 2.75) is 13.8 Å².